The van der Waals surface area contributed by atoms with Crippen molar-refractivity contribution in [2.75, 3.05) is 12.4 Å². The van der Waals surface area contributed by atoms with Crippen LogP contribution in [-0.2, 0) is 4.79 Å². The molecule has 0 bridgehead atoms. The Morgan fingerprint density at radius 3 is 2.42 bits per heavy atom. The van der Waals surface area contributed by atoms with E-state index in [2.05, 4.69) is 5.32 Å². The number of anilines is 1. The van der Waals surface area contributed by atoms with Gasteiger partial charge in [0.15, 0.2) is 6.10 Å². The number of hydrogen-bond donors (Lipinski definition) is 1. The number of non-ortho nitro benzene ring substituents is 1. The second-order valence-electron chi connectivity index (χ2n) is 5.14. The van der Waals surface area contributed by atoms with Gasteiger partial charge in [-0.05, 0) is 25.1 Å². The monoisotopic (exact) mass is 361 g/mol. The number of amides is 1. The summed E-state index contributed by atoms with van der Waals surface area (Å²) in [7, 11) is 1.37. The van der Waals surface area contributed by atoms with Crippen molar-refractivity contribution >= 4 is 23.0 Å². The fourth-order valence-electron chi connectivity index (χ4n) is 2.06. The highest BCUT2D eigenvalue weighted by atomic mass is 16.6. The number of carbonyl (C=O) groups excluding carboxylic acids is 1. The lowest BCUT2D eigenvalue weighted by Gasteiger charge is -2.15. The van der Waals surface area contributed by atoms with E-state index in [1.165, 1.54) is 56.5 Å². The van der Waals surface area contributed by atoms with Gasteiger partial charge in [-0.15, -0.1) is 0 Å². The van der Waals surface area contributed by atoms with Crippen LogP contribution in [0.2, 0.25) is 0 Å². The van der Waals surface area contributed by atoms with Crippen LogP contribution in [0.25, 0.3) is 0 Å². The summed E-state index contributed by atoms with van der Waals surface area (Å²) in [6.45, 7) is 1.42. The SMILES string of the molecule is COc1ccc(NC(=O)[C@@H](C)Oc2cccc([N+](=O)[O-])c2)c([N+](=O)[O-])c1. The first-order valence-electron chi connectivity index (χ1n) is 7.36. The Balaban J connectivity index is 2.13. The Morgan fingerprint density at radius 2 is 1.81 bits per heavy atom. The minimum atomic E-state index is -1.04. The second kappa shape index (κ2) is 7.92. The quantitative estimate of drug-likeness (QED) is 0.592. The third-order valence-corrected chi connectivity index (χ3v) is 3.37. The van der Waals surface area contributed by atoms with Crippen LogP contribution < -0.4 is 14.8 Å². The molecule has 0 aliphatic rings. The summed E-state index contributed by atoms with van der Waals surface area (Å²) < 4.78 is 10.3. The Morgan fingerprint density at radius 1 is 1.08 bits per heavy atom. The second-order valence-corrected chi connectivity index (χ2v) is 5.14. The number of benzene rings is 2. The highest BCUT2D eigenvalue weighted by molar-refractivity contribution is 5.96. The first-order valence-corrected chi connectivity index (χ1v) is 7.36. The summed E-state index contributed by atoms with van der Waals surface area (Å²) in [5.41, 5.74) is -0.531. The van der Waals surface area contributed by atoms with E-state index in [0.717, 1.165) is 0 Å². The molecule has 136 valence electrons. The van der Waals surface area contributed by atoms with Crippen molar-refractivity contribution < 1.29 is 24.1 Å². The molecule has 0 saturated heterocycles. The zero-order valence-electron chi connectivity index (χ0n) is 13.9. The van der Waals surface area contributed by atoms with Crippen molar-refractivity contribution in [2.24, 2.45) is 0 Å². The summed E-state index contributed by atoms with van der Waals surface area (Å²) in [6, 6.07) is 9.35. The van der Waals surface area contributed by atoms with Crippen molar-refractivity contribution in [1.82, 2.24) is 0 Å². The van der Waals surface area contributed by atoms with Crippen LogP contribution in [0.3, 0.4) is 0 Å². The smallest absolute Gasteiger partial charge is 0.296 e. The average molecular weight is 361 g/mol. The molecule has 1 amide bonds. The van der Waals surface area contributed by atoms with Gasteiger partial charge in [-0.3, -0.25) is 25.0 Å². The molecular formula is C16H15N3O7. The summed E-state index contributed by atoms with van der Waals surface area (Å²) in [6.07, 6.45) is -1.04. The first-order chi connectivity index (χ1) is 12.3. The van der Waals surface area contributed by atoms with E-state index in [-0.39, 0.29) is 28.6 Å². The maximum absolute atomic E-state index is 12.2. The molecule has 0 aromatic heterocycles. The van der Waals surface area contributed by atoms with Crippen LogP contribution in [0.5, 0.6) is 11.5 Å². The van der Waals surface area contributed by atoms with Gasteiger partial charge in [-0.25, -0.2) is 0 Å². The zero-order valence-corrected chi connectivity index (χ0v) is 13.9. The fourth-order valence-corrected chi connectivity index (χ4v) is 2.06. The average Bonchev–Trinajstić information content (AvgIpc) is 2.61. The van der Waals surface area contributed by atoms with Crippen molar-refractivity contribution in [3.8, 4) is 11.5 Å². The van der Waals surface area contributed by atoms with Crippen molar-refractivity contribution in [3.05, 3.63) is 62.7 Å². The third kappa shape index (κ3) is 4.44. The van der Waals surface area contributed by atoms with Gasteiger partial charge in [0.25, 0.3) is 17.3 Å². The standard InChI is InChI=1S/C16H15N3O7/c1-10(26-13-5-3-4-11(8-13)18(21)22)16(20)17-14-7-6-12(25-2)9-15(14)19(23)24/h3-10H,1-2H3,(H,17,20)/t10-/m1/s1. The number of nitrogens with one attached hydrogen (secondary N) is 1. The molecule has 0 fully saturated rings. The predicted octanol–water partition coefficient (Wildman–Crippen LogP) is 2.92. The Labute approximate surface area is 147 Å². The molecule has 0 aliphatic heterocycles. The topological polar surface area (TPSA) is 134 Å². The molecule has 2 aromatic carbocycles. The molecular weight excluding hydrogens is 346 g/mol. The minimum Gasteiger partial charge on any atom is -0.496 e. The number of nitrogens with zero attached hydrogens (tertiary/aromatic N) is 2. The van der Waals surface area contributed by atoms with E-state index >= 15 is 0 Å². The lowest BCUT2D eigenvalue weighted by atomic mass is 10.2. The van der Waals surface area contributed by atoms with Gasteiger partial charge in [0.1, 0.15) is 17.2 Å². The van der Waals surface area contributed by atoms with E-state index in [1.807, 2.05) is 0 Å². The van der Waals surface area contributed by atoms with E-state index in [4.69, 9.17) is 9.47 Å². The molecule has 10 nitrogen and oxygen atoms in total. The van der Waals surface area contributed by atoms with E-state index < -0.39 is 21.9 Å². The van der Waals surface area contributed by atoms with Crippen LogP contribution in [0.15, 0.2) is 42.5 Å². The molecule has 0 radical (unpaired) electrons. The van der Waals surface area contributed by atoms with Crippen LogP contribution in [-0.4, -0.2) is 29.0 Å². The number of hydrogen-bond acceptors (Lipinski definition) is 7. The van der Waals surface area contributed by atoms with E-state index in [9.17, 15) is 25.0 Å². The maximum Gasteiger partial charge on any atom is 0.296 e. The maximum atomic E-state index is 12.2. The molecule has 10 heteroatoms. The summed E-state index contributed by atoms with van der Waals surface area (Å²) in [5, 5.41) is 24.3. The molecule has 2 rings (SSSR count). The highest BCUT2D eigenvalue weighted by Gasteiger charge is 2.21. The largest absolute Gasteiger partial charge is 0.496 e. The van der Waals surface area contributed by atoms with Crippen LogP contribution in [0.1, 0.15) is 6.92 Å². The summed E-state index contributed by atoms with van der Waals surface area (Å²) in [4.78, 5) is 32.9. The highest BCUT2D eigenvalue weighted by Crippen LogP contribution is 2.29. The molecule has 26 heavy (non-hydrogen) atoms. The Bertz CT molecular complexity index is 853. The van der Waals surface area contributed by atoms with Crippen LogP contribution in [0, 0.1) is 20.2 Å². The van der Waals surface area contributed by atoms with Crippen LogP contribution in [0.4, 0.5) is 17.1 Å². The predicted molar refractivity (Wildman–Crippen MR) is 91.5 cm³/mol. The van der Waals surface area contributed by atoms with Crippen molar-refractivity contribution in [3.63, 3.8) is 0 Å². The summed E-state index contributed by atoms with van der Waals surface area (Å²) in [5.74, 6) is -0.244. The normalized spacial score (nSPS) is 11.3. The van der Waals surface area contributed by atoms with Gasteiger partial charge in [0.2, 0.25) is 0 Å². The molecule has 1 N–H and O–H groups in total. The molecule has 0 spiro atoms. The van der Waals surface area contributed by atoms with Gasteiger partial charge < -0.3 is 14.8 Å². The number of ether oxygens (including phenoxy) is 2. The molecule has 2 aromatic rings. The minimum absolute atomic E-state index is 0.0182. The molecule has 0 unspecified atom stereocenters. The van der Waals surface area contributed by atoms with Gasteiger partial charge in [0.05, 0.1) is 29.1 Å². The molecule has 0 heterocycles. The lowest BCUT2D eigenvalue weighted by Crippen LogP contribution is -2.30. The first kappa shape index (κ1) is 18.6. The summed E-state index contributed by atoms with van der Waals surface area (Å²) >= 11 is 0. The number of nitro benzene ring substituents is 2. The third-order valence-electron chi connectivity index (χ3n) is 3.37. The molecule has 0 aliphatic carbocycles. The number of rotatable bonds is 7. The van der Waals surface area contributed by atoms with Gasteiger partial charge >= 0.3 is 0 Å². The lowest BCUT2D eigenvalue weighted by molar-refractivity contribution is -0.385. The Hall–Kier alpha value is -3.69. The van der Waals surface area contributed by atoms with Crippen LogP contribution >= 0.6 is 0 Å². The number of methoxy groups -OCH3 is 1. The molecule has 0 saturated carbocycles. The number of carbonyl (C=O) groups is 1. The fraction of sp³-hybridized carbons (Fsp3) is 0.188. The van der Waals surface area contributed by atoms with Crippen molar-refractivity contribution in [2.45, 2.75) is 13.0 Å². The zero-order chi connectivity index (χ0) is 19.3. The molecule has 1 atom stereocenters. The van der Waals surface area contributed by atoms with E-state index in [0.29, 0.717) is 0 Å². The van der Waals surface area contributed by atoms with Gasteiger partial charge in [0, 0.05) is 6.07 Å². The number of nitro groups is 2. The Kier molecular flexibility index (Phi) is 5.68. The van der Waals surface area contributed by atoms with Crippen molar-refractivity contribution in [1.29, 1.82) is 0 Å². The van der Waals surface area contributed by atoms with E-state index in [1.54, 1.807) is 0 Å². The van der Waals surface area contributed by atoms with Gasteiger partial charge in [-0.2, -0.15) is 0 Å². The van der Waals surface area contributed by atoms with Gasteiger partial charge in [-0.1, -0.05) is 6.07 Å².